The van der Waals surface area contributed by atoms with Gasteiger partial charge in [-0.15, -0.1) is 0 Å². The number of furan rings is 1. The van der Waals surface area contributed by atoms with Gasteiger partial charge in [0.1, 0.15) is 11.8 Å². The number of nitro benzene ring substituents is 1. The second-order valence-corrected chi connectivity index (χ2v) is 6.37. The molecule has 1 aromatic carbocycles. The standard InChI is InChI=1S/C19H20N4O4/c1-12-9-15(6-7-16(12)23(25)26)19(24)20-11-17(18-5-4-8-27-18)22-14(3)10-13(2)21-22/h4-10,17H,11H2,1-3H3,(H,20,24). The third-order valence-corrected chi connectivity index (χ3v) is 4.32. The van der Waals surface area contributed by atoms with E-state index in [2.05, 4.69) is 10.4 Å². The molecule has 0 aliphatic heterocycles. The molecule has 3 rings (SSSR count). The maximum absolute atomic E-state index is 12.5. The molecule has 0 aliphatic carbocycles. The van der Waals surface area contributed by atoms with Gasteiger partial charge in [-0.25, -0.2) is 0 Å². The van der Waals surface area contributed by atoms with Gasteiger partial charge >= 0.3 is 0 Å². The minimum Gasteiger partial charge on any atom is -0.467 e. The summed E-state index contributed by atoms with van der Waals surface area (Å²) in [5.74, 6) is 0.368. The first-order chi connectivity index (χ1) is 12.9. The second kappa shape index (κ2) is 7.45. The predicted molar refractivity (Wildman–Crippen MR) is 98.7 cm³/mol. The first kappa shape index (κ1) is 18.4. The summed E-state index contributed by atoms with van der Waals surface area (Å²) in [4.78, 5) is 23.0. The van der Waals surface area contributed by atoms with Crippen molar-refractivity contribution >= 4 is 11.6 Å². The number of amides is 1. The van der Waals surface area contributed by atoms with Crippen molar-refractivity contribution in [2.24, 2.45) is 0 Å². The molecule has 0 spiro atoms. The van der Waals surface area contributed by atoms with E-state index in [9.17, 15) is 14.9 Å². The smallest absolute Gasteiger partial charge is 0.272 e. The van der Waals surface area contributed by atoms with Gasteiger partial charge in [-0.3, -0.25) is 19.6 Å². The minimum atomic E-state index is -0.465. The SMILES string of the molecule is Cc1cc(C)n(C(CNC(=O)c2ccc([N+](=O)[O-])c(C)c2)c2ccco2)n1. The fourth-order valence-electron chi connectivity index (χ4n) is 3.04. The van der Waals surface area contributed by atoms with E-state index in [0.29, 0.717) is 16.9 Å². The summed E-state index contributed by atoms with van der Waals surface area (Å²) in [6.07, 6.45) is 1.58. The second-order valence-electron chi connectivity index (χ2n) is 6.37. The molecule has 3 aromatic rings. The molecule has 2 heterocycles. The quantitative estimate of drug-likeness (QED) is 0.531. The van der Waals surface area contributed by atoms with E-state index in [-0.39, 0.29) is 24.2 Å². The van der Waals surface area contributed by atoms with Crippen molar-refractivity contribution in [1.82, 2.24) is 15.1 Å². The maximum atomic E-state index is 12.5. The van der Waals surface area contributed by atoms with E-state index >= 15 is 0 Å². The van der Waals surface area contributed by atoms with Gasteiger partial charge in [-0.05, 0) is 51.1 Å². The molecule has 0 bridgehead atoms. The first-order valence-corrected chi connectivity index (χ1v) is 8.46. The lowest BCUT2D eigenvalue weighted by atomic mass is 10.1. The fraction of sp³-hybridized carbons (Fsp3) is 0.263. The lowest BCUT2D eigenvalue weighted by molar-refractivity contribution is -0.385. The Labute approximate surface area is 156 Å². The van der Waals surface area contributed by atoms with Crippen molar-refractivity contribution in [3.8, 4) is 0 Å². The predicted octanol–water partition coefficient (Wildman–Crippen LogP) is 3.33. The third-order valence-electron chi connectivity index (χ3n) is 4.32. The Balaban J connectivity index is 1.80. The first-order valence-electron chi connectivity index (χ1n) is 8.46. The molecule has 0 radical (unpaired) electrons. The van der Waals surface area contributed by atoms with Crippen LogP contribution >= 0.6 is 0 Å². The molecule has 1 atom stereocenters. The summed E-state index contributed by atoms with van der Waals surface area (Å²) < 4.78 is 7.34. The normalized spacial score (nSPS) is 12.0. The lowest BCUT2D eigenvalue weighted by Gasteiger charge is -2.18. The number of nitrogens with one attached hydrogen (secondary N) is 1. The number of hydrogen-bond acceptors (Lipinski definition) is 5. The molecule has 2 aromatic heterocycles. The van der Waals surface area contributed by atoms with Crippen LogP contribution in [-0.2, 0) is 0 Å². The highest BCUT2D eigenvalue weighted by atomic mass is 16.6. The van der Waals surface area contributed by atoms with Crippen molar-refractivity contribution in [3.63, 3.8) is 0 Å². The molecule has 0 saturated heterocycles. The molecule has 1 N–H and O–H groups in total. The average Bonchev–Trinajstić information content (AvgIpc) is 3.25. The van der Waals surface area contributed by atoms with Crippen molar-refractivity contribution in [3.05, 3.63) is 81.1 Å². The van der Waals surface area contributed by atoms with Gasteiger partial charge in [0, 0.05) is 29.4 Å². The summed E-state index contributed by atoms with van der Waals surface area (Å²) >= 11 is 0. The number of nitro groups is 1. The van der Waals surface area contributed by atoms with Crippen LogP contribution in [-0.4, -0.2) is 27.2 Å². The van der Waals surface area contributed by atoms with E-state index < -0.39 is 4.92 Å². The number of carbonyl (C=O) groups is 1. The Bertz CT molecular complexity index is 976. The van der Waals surface area contributed by atoms with Crippen LogP contribution in [0.2, 0.25) is 0 Å². The Kier molecular flexibility index (Phi) is 5.07. The number of aromatic nitrogens is 2. The van der Waals surface area contributed by atoms with Gasteiger partial charge in [0.15, 0.2) is 0 Å². The van der Waals surface area contributed by atoms with Crippen LogP contribution in [0.4, 0.5) is 5.69 Å². The average molecular weight is 368 g/mol. The molecule has 1 unspecified atom stereocenters. The monoisotopic (exact) mass is 368 g/mol. The zero-order valence-corrected chi connectivity index (χ0v) is 15.3. The van der Waals surface area contributed by atoms with Gasteiger partial charge in [0.25, 0.3) is 11.6 Å². The minimum absolute atomic E-state index is 0.0114. The maximum Gasteiger partial charge on any atom is 0.272 e. The zero-order chi connectivity index (χ0) is 19.6. The van der Waals surface area contributed by atoms with Gasteiger partial charge in [-0.2, -0.15) is 5.10 Å². The highest BCUT2D eigenvalue weighted by Crippen LogP contribution is 2.21. The van der Waals surface area contributed by atoms with Gasteiger partial charge in [0.2, 0.25) is 0 Å². The van der Waals surface area contributed by atoms with E-state index in [1.54, 1.807) is 19.3 Å². The van der Waals surface area contributed by atoms with Gasteiger partial charge in [0.05, 0.1) is 16.9 Å². The van der Waals surface area contributed by atoms with Crippen LogP contribution in [0.15, 0.2) is 47.1 Å². The van der Waals surface area contributed by atoms with Crippen molar-refractivity contribution < 1.29 is 14.1 Å². The Morgan fingerprint density at radius 3 is 2.63 bits per heavy atom. The number of rotatable bonds is 6. The van der Waals surface area contributed by atoms with Crippen molar-refractivity contribution in [1.29, 1.82) is 0 Å². The zero-order valence-electron chi connectivity index (χ0n) is 15.3. The van der Waals surface area contributed by atoms with Gasteiger partial charge < -0.3 is 9.73 Å². The van der Waals surface area contributed by atoms with Crippen LogP contribution in [0.25, 0.3) is 0 Å². The molecule has 140 valence electrons. The van der Waals surface area contributed by atoms with Crippen LogP contribution in [0, 0.1) is 30.9 Å². The molecular formula is C19H20N4O4. The third kappa shape index (κ3) is 3.89. The lowest BCUT2D eigenvalue weighted by Crippen LogP contribution is -2.32. The van der Waals surface area contributed by atoms with Crippen molar-refractivity contribution in [2.75, 3.05) is 6.54 Å². The summed E-state index contributed by atoms with van der Waals surface area (Å²) in [6.45, 7) is 5.72. The molecule has 0 fully saturated rings. The number of nitrogens with zero attached hydrogens (tertiary/aromatic N) is 3. The number of aryl methyl sites for hydroxylation is 3. The Morgan fingerprint density at radius 1 is 1.30 bits per heavy atom. The summed E-state index contributed by atoms with van der Waals surface area (Å²) in [6, 6.07) is 9.59. The van der Waals surface area contributed by atoms with Crippen LogP contribution in [0.1, 0.15) is 39.1 Å². The molecular weight excluding hydrogens is 348 g/mol. The van der Waals surface area contributed by atoms with Crippen LogP contribution < -0.4 is 5.32 Å². The highest BCUT2D eigenvalue weighted by molar-refractivity contribution is 5.94. The van der Waals surface area contributed by atoms with Crippen LogP contribution in [0.5, 0.6) is 0 Å². The molecule has 27 heavy (non-hydrogen) atoms. The summed E-state index contributed by atoms with van der Waals surface area (Å²) in [7, 11) is 0. The molecule has 8 heteroatoms. The molecule has 0 aliphatic rings. The molecule has 8 nitrogen and oxygen atoms in total. The number of carbonyl (C=O) groups excluding carboxylic acids is 1. The van der Waals surface area contributed by atoms with E-state index in [1.165, 1.54) is 18.2 Å². The van der Waals surface area contributed by atoms with Gasteiger partial charge in [-0.1, -0.05) is 0 Å². The Hall–Kier alpha value is -3.42. The number of hydrogen-bond donors (Lipinski definition) is 1. The topological polar surface area (TPSA) is 103 Å². The van der Waals surface area contributed by atoms with E-state index in [1.807, 2.05) is 30.7 Å². The van der Waals surface area contributed by atoms with Crippen molar-refractivity contribution in [2.45, 2.75) is 26.8 Å². The van der Waals surface area contributed by atoms with Crippen LogP contribution in [0.3, 0.4) is 0 Å². The molecule has 1 amide bonds. The largest absolute Gasteiger partial charge is 0.467 e. The molecule has 0 saturated carbocycles. The summed E-state index contributed by atoms with van der Waals surface area (Å²) in [5, 5.41) is 18.3. The summed E-state index contributed by atoms with van der Waals surface area (Å²) in [5.41, 5.74) is 2.62. The van der Waals surface area contributed by atoms with E-state index in [4.69, 9.17) is 4.42 Å². The highest BCUT2D eigenvalue weighted by Gasteiger charge is 2.21. The Morgan fingerprint density at radius 2 is 2.07 bits per heavy atom. The number of benzene rings is 1. The van der Waals surface area contributed by atoms with E-state index in [0.717, 1.165) is 11.4 Å². The fourth-order valence-corrected chi connectivity index (χ4v) is 3.04.